The van der Waals surface area contributed by atoms with E-state index in [1.165, 1.54) is 44.2 Å². The van der Waals surface area contributed by atoms with Crippen LogP contribution in [0.1, 0.15) is 44.6 Å². The summed E-state index contributed by atoms with van der Waals surface area (Å²) < 4.78 is 1.94. The van der Waals surface area contributed by atoms with Crippen molar-refractivity contribution in [3.63, 3.8) is 0 Å². The van der Waals surface area contributed by atoms with Crippen molar-refractivity contribution in [2.24, 2.45) is 10.4 Å². The lowest BCUT2D eigenvalue weighted by Crippen LogP contribution is -2.41. The van der Waals surface area contributed by atoms with Gasteiger partial charge in [0.05, 0.1) is 11.9 Å². The number of aliphatic imine (C=N–C) groups is 1. The van der Waals surface area contributed by atoms with Crippen molar-refractivity contribution in [2.45, 2.75) is 45.4 Å². The molecule has 144 valence electrons. The molecular formula is C22H31N5. The molecule has 1 aromatic heterocycles. The Morgan fingerprint density at radius 3 is 2.78 bits per heavy atom. The first-order valence-corrected chi connectivity index (χ1v) is 10.4. The lowest BCUT2D eigenvalue weighted by molar-refractivity contribution is 0.309. The Bertz CT molecular complexity index is 758. The Morgan fingerprint density at radius 1 is 1.19 bits per heavy atom. The molecule has 2 heterocycles. The van der Waals surface area contributed by atoms with E-state index < -0.39 is 0 Å². The molecule has 1 spiro atoms. The zero-order chi connectivity index (χ0) is 18.5. The molecule has 0 unspecified atom stereocenters. The number of para-hydroxylation sites is 1. The first kappa shape index (κ1) is 18.1. The molecule has 1 saturated carbocycles. The molecule has 1 aliphatic carbocycles. The third kappa shape index (κ3) is 4.18. The predicted octanol–water partition coefficient (Wildman–Crippen LogP) is 3.65. The van der Waals surface area contributed by atoms with Crippen molar-refractivity contribution in [1.82, 2.24) is 20.0 Å². The fraction of sp³-hybridized carbons (Fsp3) is 0.545. The Labute approximate surface area is 162 Å². The van der Waals surface area contributed by atoms with E-state index in [0.29, 0.717) is 5.41 Å². The summed E-state index contributed by atoms with van der Waals surface area (Å²) in [6, 6.07) is 10.3. The zero-order valence-electron chi connectivity index (χ0n) is 16.4. The predicted molar refractivity (Wildman–Crippen MR) is 110 cm³/mol. The third-order valence-corrected chi connectivity index (χ3v) is 6.06. The number of guanidine groups is 1. The average molecular weight is 366 g/mol. The van der Waals surface area contributed by atoms with Crippen molar-refractivity contribution in [3.05, 3.63) is 48.3 Å². The van der Waals surface area contributed by atoms with Crippen LogP contribution in [0.5, 0.6) is 0 Å². The molecule has 1 saturated heterocycles. The molecule has 0 atom stereocenters. The van der Waals surface area contributed by atoms with E-state index in [0.717, 1.165) is 37.7 Å². The summed E-state index contributed by atoms with van der Waals surface area (Å²) in [5.74, 6) is 1.09. The van der Waals surface area contributed by atoms with Gasteiger partial charge in [0.25, 0.3) is 0 Å². The van der Waals surface area contributed by atoms with Gasteiger partial charge in [-0.05, 0) is 55.7 Å². The SMILES string of the molecule is CCNC(=NCCc1cnn(-c2ccccc2)c1)N1CCC2(CCCC2)C1. The van der Waals surface area contributed by atoms with Gasteiger partial charge in [0, 0.05) is 32.4 Å². The highest BCUT2D eigenvalue weighted by Gasteiger charge is 2.41. The molecule has 27 heavy (non-hydrogen) atoms. The van der Waals surface area contributed by atoms with Crippen molar-refractivity contribution < 1.29 is 0 Å². The highest BCUT2D eigenvalue weighted by Crippen LogP contribution is 2.45. The summed E-state index contributed by atoms with van der Waals surface area (Å²) in [5.41, 5.74) is 2.90. The summed E-state index contributed by atoms with van der Waals surface area (Å²) in [4.78, 5) is 7.41. The van der Waals surface area contributed by atoms with E-state index in [4.69, 9.17) is 4.99 Å². The number of nitrogens with one attached hydrogen (secondary N) is 1. The van der Waals surface area contributed by atoms with Gasteiger partial charge in [0.1, 0.15) is 0 Å². The maximum Gasteiger partial charge on any atom is 0.193 e. The smallest absolute Gasteiger partial charge is 0.193 e. The van der Waals surface area contributed by atoms with Gasteiger partial charge >= 0.3 is 0 Å². The van der Waals surface area contributed by atoms with Crippen molar-refractivity contribution >= 4 is 5.96 Å². The molecule has 1 aliphatic heterocycles. The second kappa shape index (κ2) is 8.15. The van der Waals surface area contributed by atoms with Crippen LogP contribution >= 0.6 is 0 Å². The quantitative estimate of drug-likeness (QED) is 0.650. The van der Waals surface area contributed by atoms with E-state index >= 15 is 0 Å². The Kier molecular flexibility index (Phi) is 5.46. The molecule has 2 fully saturated rings. The van der Waals surface area contributed by atoms with Gasteiger partial charge in [0.2, 0.25) is 0 Å². The lowest BCUT2D eigenvalue weighted by Gasteiger charge is -2.25. The van der Waals surface area contributed by atoms with Crippen LogP contribution in [0.2, 0.25) is 0 Å². The van der Waals surface area contributed by atoms with Gasteiger partial charge in [-0.25, -0.2) is 4.68 Å². The number of rotatable bonds is 5. The minimum Gasteiger partial charge on any atom is -0.357 e. The van der Waals surface area contributed by atoms with Gasteiger partial charge in [0.15, 0.2) is 5.96 Å². The first-order chi connectivity index (χ1) is 13.3. The molecular weight excluding hydrogens is 334 g/mol. The van der Waals surface area contributed by atoms with E-state index in [9.17, 15) is 0 Å². The Balaban J connectivity index is 1.36. The number of nitrogens with zero attached hydrogens (tertiary/aromatic N) is 4. The summed E-state index contributed by atoms with van der Waals surface area (Å²) >= 11 is 0. The van der Waals surface area contributed by atoms with Crippen LogP contribution in [0.4, 0.5) is 0 Å². The van der Waals surface area contributed by atoms with E-state index in [1.807, 2.05) is 29.1 Å². The van der Waals surface area contributed by atoms with Crippen LogP contribution in [0, 0.1) is 5.41 Å². The van der Waals surface area contributed by atoms with E-state index in [-0.39, 0.29) is 0 Å². The van der Waals surface area contributed by atoms with Gasteiger partial charge in [-0.15, -0.1) is 0 Å². The number of benzene rings is 1. The van der Waals surface area contributed by atoms with Crippen molar-refractivity contribution in [2.75, 3.05) is 26.2 Å². The molecule has 2 aromatic rings. The Hall–Kier alpha value is -2.30. The van der Waals surface area contributed by atoms with Gasteiger partial charge in [-0.2, -0.15) is 5.10 Å². The number of hydrogen-bond donors (Lipinski definition) is 1. The number of hydrogen-bond acceptors (Lipinski definition) is 2. The maximum absolute atomic E-state index is 4.92. The lowest BCUT2D eigenvalue weighted by atomic mass is 9.86. The van der Waals surface area contributed by atoms with Crippen LogP contribution in [-0.4, -0.2) is 46.8 Å². The minimum atomic E-state index is 0.576. The topological polar surface area (TPSA) is 45.5 Å². The van der Waals surface area contributed by atoms with Crippen LogP contribution in [0.15, 0.2) is 47.7 Å². The summed E-state index contributed by atoms with van der Waals surface area (Å²) in [7, 11) is 0. The summed E-state index contributed by atoms with van der Waals surface area (Å²) in [6.45, 7) is 6.21. The van der Waals surface area contributed by atoms with Crippen LogP contribution in [-0.2, 0) is 6.42 Å². The normalized spacial score (nSPS) is 19.1. The highest BCUT2D eigenvalue weighted by atomic mass is 15.3. The molecule has 0 bridgehead atoms. The van der Waals surface area contributed by atoms with Crippen LogP contribution < -0.4 is 5.32 Å². The fourth-order valence-electron chi connectivity index (χ4n) is 4.58. The molecule has 1 N–H and O–H groups in total. The molecule has 5 heteroatoms. The van der Waals surface area contributed by atoms with Gasteiger partial charge in [-0.1, -0.05) is 31.0 Å². The largest absolute Gasteiger partial charge is 0.357 e. The average Bonchev–Trinajstić information content (AvgIpc) is 3.44. The molecule has 1 aromatic carbocycles. The molecule has 2 aliphatic rings. The van der Waals surface area contributed by atoms with Crippen LogP contribution in [0.3, 0.4) is 0 Å². The number of likely N-dealkylation sites (tertiary alicyclic amines) is 1. The second-order valence-corrected chi connectivity index (χ2v) is 7.99. The first-order valence-electron chi connectivity index (χ1n) is 10.4. The number of aromatic nitrogens is 2. The van der Waals surface area contributed by atoms with Gasteiger partial charge < -0.3 is 10.2 Å². The third-order valence-electron chi connectivity index (χ3n) is 6.06. The molecule has 4 rings (SSSR count). The fourth-order valence-corrected chi connectivity index (χ4v) is 4.58. The van der Waals surface area contributed by atoms with Crippen LogP contribution in [0.25, 0.3) is 5.69 Å². The molecule has 0 radical (unpaired) electrons. The molecule has 5 nitrogen and oxygen atoms in total. The standard InChI is InChI=1S/C22H31N5/c1-2-23-21(26-15-13-22(18-26)11-6-7-12-22)24-14-10-19-16-25-27(17-19)20-8-4-3-5-9-20/h3-5,8-9,16-17H,2,6-7,10-15,18H2,1H3,(H,23,24). The van der Waals surface area contributed by atoms with Gasteiger partial charge in [-0.3, -0.25) is 4.99 Å². The van der Waals surface area contributed by atoms with E-state index in [2.05, 4.69) is 40.6 Å². The minimum absolute atomic E-state index is 0.576. The van der Waals surface area contributed by atoms with Crippen molar-refractivity contribution in [3.8, 4) is 5.69 Å². The zero-order valence-corrected chi connectivity index (χ0v) is 16.4. The monoisotopic (exact) mass is 365 g/mol. The van der Waals surface area contributed by atoms with E-state index in [1.54, 1.807) is 0 Å². The summed E-state index contributed by atoms with van der Waals surface area (Å²) in [6.07, 6.45) is 11.9. The molecule has 0 amide bonds. The second-order valence-electron chi connectivity index (χ2n) is 7.99. The van der Waals surface area contributed by atoms with Crippen molar-refractivity contribution in [1.29, 1.82) is 0 Å². The summed E-state index contributed by atoms with van der Waals surface area (Å²) in [5, 5.41) is 7.99. The highest BCUT2D eigenvalue weighted by molar-refractivity contribution is 5.80. The maximum atomic E-state index is 4.92. The Morgan fingerprint density at radius 2 is 2.00 bits per heavy atom.